The topological polar surface area (TPSA) is 55.2 Å². The predicted octanol–water partition coefficient (Wildman–Crippen LogP) is 5.41. The summed E-state index contributed by atoms with van der Waals surface area (Å²) in [6.07, 6.45) is 6.39. The summed E-state index contributed by atoms with van der Waals surface area (Å²) in [5.74, 6) is 2.05. The van der Waals surface area contributed by atoms with E-state index < -0.39 is 0 Å². The smallest absolute Gasteiger partial charge is 0.177 e. The molecule has 2 aromatic heterocycles. The van der Waals surface area contributed by atoms with Crippen LogP contribution in [0.1, 0.15) is 76.0 Å². The van der Waals surface area contributed by atoms with Crippen LogP contribution in [0.5, 0.6) is 5.75 Å². The molecule has 1 aromatic carbocycles. The molecule has 5 heteroatoms. The summed E-state index contributed by atoms with van der Waals surface area (Å²) in [5.41, 5.74) is 4.78. The van der Waals surface area contributed by atoms with Gasteiger partial charge in [0.1, 0.15) is 5.75 Å². The van der Waals surface area contributed by atoms with Crippen molar-refractivity contribution in [2.75, 3.05) is 6.61 Å². The summed E-state index contributed by atoms with van der Waals surface area (Å²) in [6.45, 7) is 11.7. The van der Waals surface area contributed by atoms with E-state index in [1.54, 1.807) is 0 Å². The Hall–Kier alpha value is -2.30. The van der Waals surface area contributed by atoms with Crippen LogP contribution in [0, 0.1) is 6.92 Å². The third-order valence-corrected chi connectivity index (χ3v) is 5.14. The van der Waals surface area contributed by atoms with Crippen LogP contribution in [0.15, 0.2) is 24.3 Å². The molecule has 0 radical (unpaired) electrons. The Bertz CT molecular complexity index is 901. The Morgan fingerprint density at radius 2 is 1.82 bits per heavy atom. The van der Waals surface area contributed by atoms with Gasteiger partial charge in [-0.25, -0.2) is 4.52 Å². The first-order valence-corrected chi connectivity index (χ1v) is 10.5. The van der Waals surface area contributed by atoms with Gasteiger partial charge in [-0.1, -0.05) is 51.8 Å². The van der Waals surface area contributed by atoms with Crippen molar-refractivity contribution < 1.29 is 4.74 Å². The van der Waals surface area contributed by atoms with Gasteiger partial charge in [-0.15, -0.1) is 10.2 Å². The van der Waals surface area contributed by atoms with Crippen LogP contribution in [-0.2, 0) is 18.3 Å². The SMILES string of the molecule is CCCCOc1ccc(C)cc1CCCCc1nnc2cc(C(C)(C)C)[nH]n12. The summed E-state index contributed by atoms with van der Waals surface area (Å²) in [4.78, 5) is 0. The van der Waals surface area contributed by atoms with E-state index in [9.17, 15) is 0 Å². The van der Waals surface area contributed by atoms with Gasteiger partial charge in [0.2, 0.25) is 0 Å². The third-order valence-electron chi connectivity index (χ3n) is 5.14. The molecule has 0 aliphatic rings. The van der Waals surface area contributed by atoms with Crippen LogP contribution in [0.25, 0.3) is 5.65 Å². The molecule has 0 atom stereocenters. The number of aromatic amines is 1. The highest BCUT2D eigenvalue weighted by molar-refractivity contribution is 5.41. The molecule has 0 amide bonds. The molecule has 3 rings (SSSR count). The summed E-state index contributed by atoms with van der Waals surface area (Å²) in [5, 5.41) is 12.1. The highest BCUT2D eigenvalue weighted by Gasteiger charge is 2.18. The van der Waals surface area contributed by atoms with E-state index in [4.69, 9.17) is 4.74 Å². The first-order valence-electron chi connectivity index (χ1n) is 10.5. The van der Waals surface area contributed by atoms with Crippen molar-refractivity contribution in [1.82, 2.24) is 19.8 Å². The quantitative estimate of drug-likeness (QED) is 0.504. The minimum atomic E-state index is 0.0807. The molecule has 2 heterocycles. The largest absolute Gasteiger partial charge is 0.493 e. The Labute approximate surface area is 168 Å². The van der Waals surface area contributed by atoms with Gasteiger partial charge in [0, 0.05) is 23.6 Å². The molecule has 28 heavy (non-hydrogen) atoms. The molecule has 0 aliphatic carbocycles. The number of aromatic nitrogens is 4. The number of nitrogens with zero attached hydrogens (tertiary/aromatic N) is 3. The van der Waals surface area contributed by atoms with Gasteiger partial charge in [-0.2, -0.15) is 0 Å². The van der Waals surface area contributed by atoms with Gasteiger partial charge >= 0.3 is 0 Å². The number of unbranched alkanes of at least 4 members (excludes halogenated alkanes) is 2. The van der Waals surface area contributed by atoms with Crippen LogP contribution in [0.3, 0.4) is 0 Å². The number of hydrogen-bond acceptors (Lipinski definition) is 3. The number of rotatable bonds is 9. The van der Waals surface area contributed by atoms with Gasteiger partial charge in [0.15, 0.2) is 11.5 Å². The van der Waals surface area contributed by atoms with Gasteiger partial charge in [0.25, 0.3) is 0 Å². The molecule has 0 spiro atoms. The van der Waals surface area contributed by atoms with E-state index in [1.807, 2.05) is 4.52 Å². The monoisotopic (exact) mass is 382 g/mol. The fourth-order valence-electron chi connectivity index (χ4n) is 3.34. The molecule has 1 N–H and O–H groups in total. The van der Waals surface area contributed by atoms with Crippen LogP contribution in [0.2, 0.25) is 0 Å². The zero-order valence-corrected chi connectivity index (χ0v) is 18.0. The Kier molecular flexibility index (Phi) is 6.42. The molecule has 152 valence electrons. The highest BCUT2D eigenvalue weighted by atomic mass is 16.5. The number of hydrogen-bond donors (Lipinski definition) is 1. The molecule has 5 nitrogen and oxygen atoms in total. The standard InChI is InChI=1S/C23H34N4O/c1-6-7-14-28-19-13-12-17(2)15-18(19)10-8-9-11-21-24-25-22-16-20(23(3,4)5)26-27(21)22/h12-13,15-16,26H,6-11,14H2,1-5H3. The normalized spacial score (nSPS) is 12.0. The fourth-order valence-corrected chi connectivity index (χ4v) is 3.34. The Morgan fingerprint density at radius 3 is 2.57 bits per heavy atom. The van der Waals surface area contributed by atoms with E-state index in [0.29, 0.717) is 0 Å². The van der Waals surface area contributed by atoms with Crippen molar-refractivity contribution in [2.24, 2.45) is 0 Å². The molecule has 3 aromatic rings. The molecule has 0 fully saturated rings. The fraction of sp³-hybridized carbons (Fsp3) is 0.565. The van der Waals surface area contributed by atoms with Crippen LogP contribution in [0.4, 0.5) is 0 Å². The number of H-pyrrole nitrogens is 1. The lowest BCUT2D eigenvalue weighted by atomic mass is 9.93. The highest BCUT2D eigenvalue weighted by Crippen LogP contribution is 2.24. The van der Waals surface area contributed by atoms with Gasteiger partial charge in [-0.3, -0.25) is 5.10 Å². The second-order valence-electron chi connectivity index (χ2n) is 8.75. The van der Waals surface area contributed by atoms with Crippen molar-refractivity contribution in [2.45, 2.75) is 78.6 Å². The molecule has 0 unspecified atom stereocenters. The molecule has 0 aliphatic heterocycles. The molecule has 0 saturated carbocycles. The lowest BCUT2D eigenvalue weighted by molar-refractivity contribution is 0.306. The first-order chi connectivity index (χ1) is 13.4. The lowest BCUT2D eigenvalue weighted by Crippen LogP contribution is -2.12. The van der Waals surface area contributed by atoms with Gasteiger partial charge in [-0.05, 0) is 44.2 Å². The average molecular weight is 383 g/mol. The molecular formula is C23H34N4O. The molecule has 0 saturated heterocycles. The zero-order valence-electron chi connectivity index (χ0n) is 18.0. The number of ether oxygens (including phenoxy) is 1. The summed E-state index contributed by atoms with van der Waals surface area (Å²) in [7, 11) is 0. The molecular weight excluding hydrogens is 348 g/mol. The third kappa shape index (κ3) is 4.94. The van der Waals surface area contributed by atoms with Crippen LogP contribution in [-0.4, -0.2) is 26.4 Å². The minimum absolute atomic E-state index is 0.0807. The van der Waals surface area contributed by atoms with Crippen molar-refractivity contribution in [3.8, 4) is 5.75 Å². The summed E-state index contributed by atoms with van der Waals surface area (Å²) < 4.78 is 8.03. The maximum atomic E-state index is 6.00. The van der Waals surface area contributed by atoms with E-state index in [-0.39, 0.29) is 5.41 Å². The molecule has 0 bridgehead atoms. The first kappa shape index (κ1) is 20.4. The van der Waals surface area contributed by atoms with Crippen molar-refractivity contribution in [3.05, 3.63) is 46.9 Å². The van der Waals surface area contributed by atoms with Gasteiger partial charge in [0.05, 0.1) is 6.61 Å². The average Bonchev–Trinajstić information content (AvgIpc) is 3.22. The Morgan fingerprint density at radius 1 is 1.04 bits per heavy atom. The maximum absolute atomic E-state index is 6.00. The lowest BCUT2D eigenvalue weighted by Gasteiger charge is -2.15. The van der Waals surface area contributed by atoms with Crippen LogP contribution < -0.4 is 4.74 Å². The number of fused-ring (bicyclic) bond motifs is 1. The van der Waals surface area contributed by atoms with Crippen LogP contribution >= 0.6 is 0 Å². The number of aryl methyl sites for hydroxylation is 3. The number of benzene rings is 1. The van der Waals surface area contributed by atoms with Crippen molar-refractivity contribution in [3.63, 3.8) is 0 Å². The van der Waals surface area contributed by atoms with E-state index >= 15 is 0 Å². The second-order valence-corrected chi connectivity index (χ2v) is 8.75. The van der Waals surface area contributed by atoms with Crippen molar-refractivity contribution in [1.29, 1.82) is 0 Å². The predicted molar refractivity (Wildman–Crippen MR) is 114 cm³/mol. The van der Waals surface area contributed by atoms with Crippen molar-refractivity contribution >= 4 is 5.65 Å². The maximum Gasteiger partial charge on any atom is 0.177 e. The zero-order chi connectivity index (χ0) is 20.1. The number of nitrogens with one attached hydrogen (secondary N) is 1. The summed E-state index contributed by atoms with van der Waals surface area (Å²) in [6, 6.07) is 8.62. The van der Waals surface area contributed by atoms with Gasteiger partial charge < -0.3 is 4.74 Å². The minimum Gasteiger partial charge on any atom is -0.493 e. The Balaban J connectivity index is 1.58. The van der Waals surface area contributed by atoms with E-state index in [2.05, 4.69) is 74.2 Å². The second kappa shape index (κ2) is 8.80. The van der Waals surface area contributed by atoms with E-state index in [0.717, 1.165) is 62.4 Å². The van der Waals surface area contributed by atoms with E-state index in [1.165, 1.54) is 16.8 Å². The summed E-state index contributed by atoms with van der Waals surface area (Å²) >= 11 is 0.